The number of nitrogens with zero attached hydrogens (tertiary/aromatic N) is 3. The quantitative estimate of drug-likeness (QED) is 0.278. The van der Waals surface area contributed by atoms with Gasteiger partial charge in [-0.3, -0.25) is 4.57 Å². The predicted octanol–water partition coefficient (Wildman–Crippen LogP) is 7.79. The van der Waals surface area contributed by atoms with Gasteiger partial charge in [-0.05, 0) is 48.5 Å². The lowest BCUT2D eigenvalue weighted by molar-refractivity contribution is 1.08. The fourth-order valence-electron chi connectivity index (χ4n) is 4.98. The molecule has 0 aliphatic rings. The number of para-hydroxylation sites is 2. The molecule has 3 aromatic heterocycles. The van der Waals surface area contributed by atoms with Crippen LogP contribution >= 0.6 is 0 Å². The summed E-state index contributed by atoms with van der Waals surface area (Å²) in [6.07, 6.45) is 2.15. The molecule has 0 saturated heterocycles. The van der Waals surface area contributed by atoms with Gasteiger partial charge in [-0.1, -0.05) is 72.8 Å². The summed E-state index contributed by atoms with van der Waals surface area (Å²) >= 11 is 0. The maximum Gasteiger partial charge on any atom is 0.138 e. The lowest BCUT2D eigenvalue weighted by atomic mass is 10.1. The molecular formula is C31H21N3. The van der Waals surface area contributed by atoms with Crippen LogP contribution in [-0.2, 0) is 0 Å². The molecule has 0 unspecified atom stereocenters. The molecule has 34 heavy (non-hydrogen) atoms. The fourth-order valence-corrected chi connectivity index (χ4v) is 4.98. The first-order valence-corrected chi connectivity index (χ1v) is 11.5. The van der Waals surface area contributed by atoms with Crippen LogP contribution in [0.15, 0.2) is 128 Å². The Balaban J connectivity index is 1.54. The summed E-state index contributed by atoms with van der Waals surface area (Å²) in [4.78, 5) is 5.09. The first-order valence-electron chi connectivity index (χ1n) is 11.5. The molecule has 0 saturated carbocycles. The standard InChI is InChI=1S/C31H21N3/c1-3-10-22(11-4-1)27-15-9-17-31(32-27)34-28-16-8-7-14-25(28)26-20-23-18-19-33(29(23)21-30(26)34)24-12-5-2-6-13-24/h1-21H. The zero-order valence-corrected chi connectivity index (χ0v) is 18.5. The van der Waals surface area contributed by atoms with Crippen LogP contribution in [0.2, 0.25) is 0 Å². The molecule has 0 atom stereocenters. The van der Waals surface area contributed by atoms with Gasteiger partial charge in [0.05, 0.1) is 22.2 Å². The highest BCUT2D eigenvalue weighted by Crippen LogP contribution is 2.35. The van der Waals surface area contributed by atoms with Crippen molar-refractivity contribution in [3.05, 3.63) is 128 Å². The Kier molecular flexibility index (Phi) is 4.15. The molecule has 3 heteroatoms. The molecule has 0 N–H and O–H groups in total. The molecule has 7 rings (SSSR count). The van der Waals surface area contributed by atoms with Crippen molar-refractivity contribution in [2.45, 2.75) is 0 Å². The molecule has 0 aliphatic carbocycles. The Labute approximate surface area is 197 Å². The Morgan fingerprint density at radius 1 is 0.529 bits per heavy atom. The second-order valence-corrected chi connectivity index (χ2v) is 8.55. The zero-order valence-electron chi connectivity index (χ0n) is 18.5. The van der Waals surface area contributed by atoms with Gasteiger partial charge in [0.15, 0.2) is 0 Å². The van der Waals surface area contributed by atoms with Gasteiger partial charge in [0, 0.05) is 33.6 Å². The average molecular weight is 436 g/mol. The van der Waals surface area contributed by atoms with Gasteiger partial charge in [0.1, 0.15) is 5.82 Å². The van der Waals surface area contributed by atoms with E-state index >= 15 is 0 Å². The lowest BCUT2D eigenvalue weighted by Crippen LogP contribution is -1.99. The Hall–Kier alpha value is -4.63. The van der Waals surface area contributed by atoms with Crippen molar-refractivity contribution in [3.63, 3.8) is 0 Å². The summed E-state index contributed by atoms with van der Waals surface area (Å²) < 4.78 is 4.55. The van der Waals surface area contributed by atoms with Gasteiger partial charge in [0.25, 0.3) is 0 Å². The van der Waals surface area contributed by atoms with E-state index in [0.29, 0.717) is 0 Å². The topological polar surface area (TPSA) is 22.8 Å². The van der Waals surface area contributed by atoms with Gasteiger partial charge in [0.2, 0.25) is 0 Å². The van der Waals surface area contributed by atoms with E-state index in [1.807, 2.05) is 6.07 Å². The zero-order chi connectivity index (χ0) is 22.5. The number of aromatic nitrogens is 3. The minimum atomic E-state index is 0.921. The largest absolute Gasteiger partial charge is 0.316 e. The van der Waals surface area contributed by atoms with Crippen LogP contribution in [0.1, 0.15) is 0 Å². The van der Waals surface area contributed by atoms with Crippen LogP contribution in [0.5, 0.6) is 0 Å². The molecule has 0 spiro atoms. The highest BCUT2D eigenvalue weighted by molar-refractivity contribution is 6.13. The van der Waals surface area contributed by atoms with E-state index < -0.39 is 0 Å². The Bertz CT molecular complexity index is 1790. The van der Waals surface area contributed by atoms with Crippen LogP contribution in [-0.4, -0.2) is 14.1 Å². The second kappa shape index (κ2) is 7.46. The first-order chi connectivity index (χ1) is 16.9. The molecule has 7 aromatic rings. The summed E-state index contributed by atoms with van der Waals surface area (Å²) in [7, 11) is 0. The SMILES string of the molecule is c1ccc(-c2cccc(-n3c4ccccc4c4cc5ccn(-c6ccccc6)c5cc43)n2)cc1. The smallest absolute Gasteiger partial charge is 0.138 e. The van der Waals surface area contributed by atoms with E-state index in [1.165, 1.54) is 21.7 Å². The fraction of sp³-hybridized carbons (Fsp3) is 0. The number of pyridine rings is 1. The molecular weight excluding hydrogens is 414 g/mol. The number of rotatable bonds is 3. The minimum absolute atomic E-state index is 0.921. The molecule has 0 fully saturated rings. The van der Waals surface area contributed by atoms with Crippen molar-refractivity contribution in [1.29, 1.82) is 0 Å². The molecule has 0 radical (unpaired) electrons. The van der Waals surface area contributed by atoms with E-state index in [0.717, 1.165) is 33.8 Å². The summed E-state index contributed by atoms with van der Waals surface area (Å²) in [5.74, 6) is 0.921. The summed E-state index contributed by atoms with van der Waals surface area (Å²) in [5, 5.41) is 3.70. The van der Waals surface area contributed by atoms with E-state index in [1.54, 1.807) is 0 Å². The average Bonchev–Trinajstić information content (AvgIpc) is 3.47. The van der Waals surface area contributed by atoms with Crippen molar-refractivity contribution >= 4 is 32.7 Å². The Morgan fingerprint density at radius 3 is 2.15 bits per heavy atom. The number of hydrogen-bond acceptors (Lipinski definition) is 1. The van der Waals surface area contributed by atoms with Crippen molar-refractivity contribution in [1.82, 2.24) is 14.1 Å². The third kappa shape index (κ3) is 2.87. The molecule has 3 heterocycles. The number of fused-ring (bicyclic) bond motifs is 4. The Morgan fingerprint density at radius 2 is 1.29 bits per heavy atom. The predicted molar refractivity (Wildman–Crippen MR) is 141 cm³/mol. The van der Waals surface area contributed by atoms with E-state index in [-0.39, 0.29) is 0 Å². The maximum absolute atomic E-state index is 5.09. The monoisotopic (exact) mass is 435 g/mol. The minimum Gasteiger partial charge on any atom is -0.316 e. The van der Waals surface area contributed by atoms with Gasteiger partial charge in [-0.2, -0.15) is 0 Å². The summed E-state index contributed by atoms with van der Waals surface area (Å²) in [6, 6.07) is 42.5. The maximum atomic E-state index is 5.09. The van der Waals surface area contributed by atoms with Crippen LogP contribution in [0, 0.1) is 0 Å². The molecule has 160 valence electrons. The first kappa shape index (κ1) is 18.9. The number of benzene rings is 4. The summed E-state index contributed by atoms with van der Waals surface area (Å²) in [5.41, 5.74) is 6.74. The van der Waals surface area contributed by atoms with Crippen LogP contribution in [0.4, 0.5) is 0 Å². The van der Waals surface area contributed by atoms with Crippen molar-refractivity contribution in [3.8, 4) is 22.8 Å². The summed E-state index contributed by atoms with van der Waals surface area (Å²) in [6.45, 7) is 0. The van der Waals surface area contributed by atoms with Crippen LogP contribution in [0.3, 0.4) is 0 Å². The highest BCUT2D eigenvalue weighted by Gasteiger charge is 2.16. The lowest BCUT2D eigenvalue weighted by Gasteiger charge is -2.10. The highest BCUT2D eigenvalue weighted by atomic mass is 15.1. The van der Waals surface area contributed by atoms with E-state index in [4.69, 9.17) is 4.98 Å². The number of hydrogen-bond donors (Lipinski definition) is 0. The van der Waals surface area contributed by atoms with Crippen LogP contribution in [0.25, 0.3) is 55.5 Å². The van der Waals surface area contributed by atoms with Gasteiger partial charge >= 0.3 is 0 Å². The van der Waals surface area contributed by atoms with Crippen molar-refractivity contribution in [2.24, 2.45) is 0 Å². The third-order valence-electron chi connectivity index (χ3n) is 6.55. The second-order valence-electron chi connectivity index (χ2n) is 8.55. The normalized spacial score (nSPS) is 11.5. The van der Waals surface area contributed by atoms with Crippen molar-refractivity contribution < 1.29 is 0 Å². The van der Waals surface area contributed by atoms with E-state index in [2.05, 4.69) is 131 Å². The van der Waals surface area contributed by atoms with Gasteiger partial charge in [-0.15, -0.1) is 0 Å². The van der Waals surface area contributed by atoms with Crippen molar-refractivity contribution in [2.75, 3.05) is 0 Å². The third-order valence-corrected chi connectivity index (χ3v) is 6.55. The molecule has 3 nitrogen and oxygen atoms in total. The molecule has 0 amide bonds. The van der Waals surface area contributed by atoms with Crippen LogP contribution < -0.4 is 0 Å². The molecule has 0 aliphatic heterocycles. The molecule has 0 bridgehead atoms. The molecule has 4 aromatic carbocycles. The van der Waals surface area contributed by atoms with E-state index in [9.17, 15) is 0 Å². The van der Waals surface area contributed by atoms with Gasteiger partial charge in [-0.25, -0.2) is 4.98 Å². The van der Waals surface area contributed by atoms with Gasteiger partial charge < -0.3 is 4.57 Å².